The van der Waals surface area contributed by atoms with Crippen LogP contribution in [-0.2, 0) is 9.59 Å². The average Bonchev–Trinajstić information content (AvgIpc) is 2.79. The van der Waals surface area contributed by atoms with Crippen molar-refractivity contribution >= 4 is 41.1 Å². The van der Waals surface area contributed by atoms with Gasteiger partial charge in [0, 0.05) is 18.6 Å². The monoisotopic (exact) mass is 325 g/mol. The van der Waals surface area contributed by atoms with E-state index in [2.05, 4.69) is 15.5 Å². The molecule has 1 amide bonds. The van der Waals surface area contributed by atoms with E-state index in [1.54, 1.807) is 6.08 Å². The molecule has 1 fully saturated rings. The molecule has 1 N–H and O–H groups in total. The van der Waals surface area contributed by atoms with Gasteiger partial charge in [0.25, 0.3) is 0 Å². The summed E-state index contributed by atoms with van der Waals surface area (Å²) < 4.78 is 0. The maximum atomic E-state index is 11.4. The maximum absolute atomic E-state index is 11.4. The molecule has 6 nitrogen and oxygen atoms in total. The molecule has 22 heavy (non-hydrogen) atoms. The van der Waals surface area contributed by atoms with Crippen LogP contribution in [0, 0.1) is 0 Å². The Labute approximate surface area is 154 Å². The number of benzene rings is 1. The van der Waals surface area contributed by atoms with E-state index in [0.717, 1.165) is 17.3 Å². The number of carboxylic acids is 1. The summed E-state index contributed by atoms with van der Waals surface area (Å²) in [6.07, 6.45) is 4.73. The van der Waals surface area contributed by atoms with Crippen molar-refractivity contribution in [1.82, 2.24) is 5.32 Å². The van der Waals surface area contributed by atoms with Crippen LogP contribution in [0.5, 0.6) is 0 Å². The molecule has 8 heteroatoms. The van der Waals surface area contributed by atoms with E-state index in [4.69, 9.17) is 0 Å². The zero-order valence-electron chi connectivity index (χ0n) is 11.9. The first-order chi connectivity index (χ1) is 10.1. The second-order valence-electron chi connectivity index (χ2n) is 4.11. The van der Waals surface area contributed by atoms with Crippen molar-refractivity contribution in [2.45, 2.75) is 11.7 Å². The largest absolute Gasteiger partial charge is 1.00 e. The van der Waals surface area contributed by atoms with Crippen LogP contribution in [0.25, 0.3) is 6.08 Å². The van der Waals surface area contributed by atoms with Crippen LogP contribution in [0.15, 0.2) is 46.6 Å². The summed E-state index contributed by atoms with van der Waals surface area (Å²) >= 11 is 1.03. The number of hydrogen-bond acceptors (Lipinski definition) is 6. The summed E-state index contributed by atoms with van der Waals surface area (Å²) in [4.78, 5) is 21.9. The van der Waals surface area contributed by atoms with E-state index in [1.807, 2.05) is 36.4 Å². The number of amides is 1. The molecule has 0 aliphatic carbocycles. The summed E-state index contributed by atoms with van der Waals surface area (Å²) in [5.41, 5.74) is 1.04. The van der Waals surface area contributed by atoms with Gasteiger partial charge in [-0.05, 0) is 11.6 Å². The minimum Gasteiger partial charge on any atom is -0.550 e. The van der Waals surface area contributed by atoms with Crippen LogP contribution >= 0.6 is 11.8 Å². The van der Waals surface area contributed by atoms with E-state index in [0.29, 0.717) is 0 Å². The van der Waals surface area contributed by atoms with Gasteiger partial charge in [0.2, 0.25) is 5.91 Å². The first-order valence-corrected chi connectivity index (χ1v) is 7.03. The van der Waals surface area contributed by atoms with Crippen molar-refractivity contribution in [3.05, 3.63) is 42.0 Å². The minimum absolute atomic E-state index is 0. The van der Waals surface area contributed by atoms with Crippen LogP contribution in [0.4, 0.5) is 0 Å². The Morgan fingerprint density at radius 2 is 2.09 bits per heavy atom. The van der Waals surface area contributed by atoms with E-state index in [9.17, 15) is 14.7 Å². The van der Waals surface area contributed by atoms with Gasteiger partial charge in [-0.1, -0.05) is 48.2 Å². The fourth-order valence-corrected chi connectivity index (χ4v) is 2.49. The van der Waals surface area contributed by atoms with Crippen LogP contribution in [-0.4, -0.2) is 28.5 Å². The number of hydrogen-bond donors (Lipinski definition) is 1. The van der Waals surface area contributed by atoms with Crippen LogP contribution in [0.3, 0.4) is 0 Å². The van der Waals surface area contributed by atoms with Gasteiger partial charge in [0.05, 0.1) is 5.25 Å². The molecule has 1 aliphatic heterocycles. The second-order valence-corrected chi connectivity index (χ2v) is 5.30. The maximum Gasteiger partial charge on any atom is 1.00 e. The number of aliphatic carboxylic acids is 1. The van der Waals surface area contributed by atoms with Gasteiger partial charge < -0.3 is 15.2 Å². The number of thioether (sulfide) groups is 1. The predicted octanol–water partition coefficient (Wildman–Crippen LogP) is -2.58. The predicted molar refractivity (Wildman–Crippen MR) is 80.5 cm³/mol. The van der Waals surface area contributed by atoms with Crippen LogP contribution in [0.1, 0.15) is 12.0 Å². The van der Waals surface area contributed by atoms with Gasteiger partial charge in [-0.15, -0.1) is 5.10 Å². The Bertz CT molecular complexity index is 617. The number of carboxylic acid groups (broad SMARTS) is 1. The molecule has 0 saturated carbocycles. The average molecular weight is 325 g/mol. The van der Waals surface area contributed by atoms with E-state index >= 15 is 0 Å². The van der Waals surface area contributed by atoms with Crippen LogP contribution in [0.2, 0.25) is 0 Å². The standard InChI is InChI=1S/C14H13N3O3S.Na/c18-12(19)9-11-13(20)16-14(21-11)17-15-8-4-7-10-5-2-1-3-6-10;/h1-8,11H,9H2,(H,18,19)(H,16,17,20);/q;+1/p-1. The van der Waals surface area contributed by atoms with Gasteiger partial charge >= 0.3 is 29.6 Å². The van der Waals surface area contributed by atoms with Crippen molar-refractivity contribution in [1.29, 1.82) is 0 Å². The smallest absolute Gasteiger partial charge is 0.550 e. The first kappa shape index (κ1) is 18.6. The van der Waals surface area contributed by atoms with Gasteiger partial charge in [-0.2, -0.15) is 5.10 Å². The third kappa shape index (κ3) is 6.15. The molecule has 0 spiro atoms. The van der Waals surface area contributed by atoms with Crippen molar-refractivity contribution in [2.75, 3.05) is 0 Å². The summed E-state index contributed by atoms with van der Waals surface area (Å²) in [5, 5.41) is 20.1. The molecule has 1 atom stereocenters. The zero-order chi connectivity index (χ0) is 15.1. The summed E-state index contributed by atoms with van der Waals surface area (Å²) in [6, 6.07) is 9.69. The third-order valence-electron chi connectivity index (χ3n) is 2.52. The fourth-order valence-electron chi connectivity index (χ4n) is 1.58. The van der Waals surface area contributed by atoms with E-state index in [-0.39, 0.29) is 41.1 Å². The van der Waals surface area contributed by atoms with E-state index < -0.39 is 17.1 Å². The molecule has 1 heterocycles. The van der Waals surface area contributed by atoms with Gasteiger partial charge in [-0.25, -0.2) is 0 Å². The summed E-state index contributed by atoms with van der Waals surface area (Å²) in [7, 11) is 0. The number of allylic oxidation sites excluding steroid dienone is 1. The summed E-state index contributed by atoms with van der Waals surface area (Å²) in [6.45, 7) is 0. The van der Waals surface area contributed by atoms with Crippen molar-refractivity contribution < 1.29 is 44.3 Å². The number of carbonyl (C=O) groups excluding carboxylic acids is 2. The second kappa shape index (κ2) is 9.58. The number of amidine groups is 1. The quantitative estimate of drug-likeness (QED) is 0.365. The minimum atomic E-state index is -1.27. The Kier molecular flexibility index (Phi) is 8.11. The van der Waals surface area contributed by atoms with Gasteiger partial charge in [-0.3, -0.25) is 4.79 Å². The number of rotatable bonds is 5. The van der Waals surface area contributed by atoms with Gasteiger partial charge in [0.1, 0.15) is 0 Å². The fraction of sp³-hybridized carbons (Fsp3) is 0.143. The molecular weight excluding hydrogens is 313 g/mol. The number of nitrogens with zero attached hydrogens (tertiary/aromatic N) is 2. The van der Waals surface area contributed by atoms with Crippen molar-refractivity contribution in [3.63, 3.8) is 0 Å². The Balaban J connectivity index is 0.00000242. The normalized spacial score (nSPS) is 19.5. The molecule has 0 aromatic heterocycles. The Morgan fingerprint density at radius 3 is 2.77 bits per heavy atom. The van der Waals surface area contributed by atoms with Crippen LogP contribution < -0.4 is 40.0 Å². The first-order valence-electron chi connectivity index (χ1n) is 6.15. The number of carbonyl (C=O) groups is 2. The Morgan fingerprint density at radius 1 is 1.36 bits per heavy atom. The molecule has 1 saturated heterocycles. The molecule has 1 aromatic carbocycles. The Hall–Kier alpha value is -1.41. The molecule has 1 aliphatic rings. The molecule has 1 unspecified atom stereocenters. The van der Waals surface area contributed by atoms with E-state index in [1.165, 1.54) is 6.21 Å². The number of nitrogens with one attached hydrogen (secondary N) is 1. The third-order valence-corrected chi connectivity index (χ3v) is 3.59. The van der Waals surface area contributed by atoms with Gasteiger partial charge in [0.15, 0.2) is 5.17 Å². The topological polar surface area (TPSA) is 93.9 Å². The molecule has 0 radical (unpaired) electrons. The molecular formula is C14H12N3NaO3S. The molecule has 0 bridgehead atoms. The zero-order valence-corrected chi connectivity index (χ0v) is 14.7. The molecule has 108 valence electrons. The molecule has 2 rings (SSSR count). The SMILES string of the molecule is O=C([O-])CC1S/C(=N/N=CC=Cc2ccccc2)NC1=O.[Na+]. The summed E-state index contributed by atoms with van der Waals surface area (Å²) in [5.74, 6) is -1.66. The molecule has 1 aromatic rings. The van der Waals surface area contributed by atoms with Crippen molar-refractivity contribution in [2.24, 2.45) is 10.2 Å². The van der Waals surface area contributed by atoms with Crippen molar-refractivity contribution in [3.8, 4) is 0 Å².